The lowest BCUT2D eigenvalue weighted by Crippen LogP contribution is -2.31. The Hall–Kier alpha value is -4.18. The zero-order valence-corrected chi connectivity index (χ0v) is 22.5. The summed E-state index contributed by atoms with van der Waals surface area (Å²) in [5.74, 6) is -0.671. The topological polar surface area (TPSA) is 124 Å². The smallest absolute Gasteiger partial charge is 0.369 e. The molecular formula is C29H23Cl2N5O4. The molecule has 40 heavy (non-hydrogen) atoms. The summed E-state index contributed by atoms with van der Waals surface area (Å²) in [6, 6.07) is 21.9. The van der Waals surface area contributed by atoms with Crippen molar-refractivity contribution in [2.24, 2.45) is 5.10 Å². The lowest BCUT2D eigenvalue weighted by atomic mass is 9.85. The molecule has 3 N–H and O–H groups in total. The average Bonchev–Trinajstić information content (AvgIpc) is 3.58. The van der Waals surface area contributed by atoms with Crippen molar-refractivity contribution < 1.29 is 14.4 Å². The van der Waals surface area contributed by atoms with E-state index < -0.39 is 18.0 Å². The molecule has 2 aliphatic heterocycles. The highest BCUT2D eigenvalue weighted by molar-refractivity contribution is 6.31. The molecule has 0 fully saturated rings. The SMILES string of the molecule is O=C(CCc1noc(=O)[nH]1)N1N=C(C2=C(c3ccc(Cl)cc3)c3ccccc3NC2O)CC1c1ccc(Cl)cc1. The van der Waals surface area contributed by atoms with E-state index in [4.69, 9.17) is 28.3 Å². The Labute approximate surface area is 238 Å². The molecule has 0 bridgehead atoms. The van der Waals surface area contributed by atoms with Crippen molar-refractivity contribution in [2.75, 3.05) is 5.32 Å². The van der Waals surface area contributed by atoms with Crippen molar-refractivity contribution in [3.05, 3.63) is 121 Å². The van der Waals surface area contributed by atoms with Gasteiger partial charge < -0.3 is 10.4 Å². The lowest BCUT2D eigenvalue weighted by Gasteiger charge is -2.29. The molecule has 6 rings (SSSR count). The molecule has 0 aliphatic carbocycles. The molecule has 11 heteroatoms. The summed E-state index contributed by atoms with van der Waals surface area (Å²) >= 11 is 12.3. The second-order valence-corrected chi connectivity index (χ2v) is 10.4. The van der Waals surface area contributed by atoms with E-state index in [1.165, 1.54) is 5.01 Å². The van der Waals surface area contributed by atoms with Gasteiger partial charge in [0.05, 0.1) is 11.8 Å². The predicted molar refractivity (Wildman–Crippen MR) is 152 cm³/mol. The van der Waals surface area contributed by atoms with E-state index >= 15 is 0 Å². The third-order valence-electron chi connectivity index (χ3n) is 6.96. The van der Waals surface area contributed by atoms with Gasteiger partial charge in [0.15, 0.2) is 12.1 Å². The summed E-state index contributed by atoms with van der Waals surface area (Å²) in [5.41, 5.74) is 5.35. The molecule has 2 aliphatic rings. The Kier molecular flexibility index (Phi) is 7.02. The number of hydrogen-bond donors (Lipinski definition) is 3. The number of aliphatic hydroxyl groups is 1. The fraction of sp³-hybridized carbons (Fsp3) is 0.172. The lowest BCUT2D eigenvalue weighted by molar-refractivity contribution is -0.133. The van der Waals surface area contributed by atoms with Crippen LogP contribution in [0.4, 0.5) is 5.69 Å². The Bertz CT molecular complexity index is 1690. The van der Waals surface area contributed by atoms with Crippen molar-refractivity contribution in [3.63, 3.8) is 0 Å². The third-order valence-corrected chi connectivity index (χ3v) is 7.46. The highest BCUT2D eigenvalue weighted by Crippen LogP contribution is 2.42. The molecule has 2 unspecified atom stereocenters. The van der Waals surface area contributed by atoms with Crippen molar-refractivity contribution in [2.45, 2.75) is 31.5 Å². The molecule has 0 spiro atoms. The minimum absolute atomic E-state index is 0.0378. The quantitative estimate of drug-likeness (QED) is 0.291. The van der Waals surface area contributed by atoms with Crippen molar-refractivity contribution >= 4 is 46.1 Å². The summed E-state index contributed by atoms with van der Waals surface area (Å²) < 4.78 is 4.55. The molecule has 3 heterocycles. The molecule has 0 saturated carbocycles. The molecule has 1 aromatic heterocycles. The first-order valence-corrected chi connectivity index (χ1v) is 13.4. The van der Waals surface area contributed by atoms with Crippen LogP contribution in [0, 0.1) is 0 Å². The number of halogens is 2. The van der Waals surface area contributed by atoms with Gasteiger partial charge in [-0.05, 0) is 41.5 Å². The molecule has 3 aromatic carbocycles. The number of aromatic amines is 1. The normalized spacial score (nSPS) is 18.4. The van der Waals surface area contributed by atoms with Gasteiger partial charge in [-0.1, -0.05) is 70.8 Å². The maximum atomic E-state index is 13.5. The monoisotopic (exact) mass is 575 g/mol. The standard InChI is InChI=1S/C29H23Cl2N5O4/c30-18-9-5-16(6-10-18)23-15-22(34-36(23)25(37)14-13-24-33-29(39)40-35-24)27-26(17-7-11-19(31)12-8-17)20-3-1-2-4-21(20)32-28(27)38/h1-12,23,28,32,38H,13-15H2,(H,33,35,39). The average molecular weight is 576 g/mol. The molecule has 2 atom stereocenters. The zero-order valence-electron chi connectivity index (χ0n) is 21.0. The number of carbonyl (C=O) groups excluding carboxylic acids is 1. The Morgan fingerprint density at radius 3 is 2.42 bits per heavy atom. The number of rotatable bonds is 6. The number of H-pyrrole nitrogens is 1. The number of para-hydroxylation sites is 1. The van der Waals surface area contributed by atoms with Gasteiger partial charge in [0.2, 0.25) is 5.91 Å². The van der Waals surface area contributed by atoms with Crippen molar-refractivity contribution in [1.29, 1.82) is 0 Å². The van der Waals surface area contributed by atoms with E-state index in [2.05, 4.69) is 20.0 Å². The zero-order chi connectivity index (χ0) is 27.8. The van der Waals surface area contributed by atoms with E-state index in [0.717, 1.165) is 28.0 Å². The first kappa shape index (κ1) is 26.1. The third kappa shape index (κ3) is 5.06. The van der Waals surface area contributed by atoms with Gasteiger partial charge in [-0.2, -0.15) is 5.10 Å². The molecule has 0 radical (unpaired) electrons. The number of aromatic nitrogens is 2. The number of anilines is 1. The van der Waals surface area contributed by atoms with Crippen LogP contribution in [0.3, 0.4) is 0 Å². The van der Waals surface area contributed by atoms with Gasteiger partial charge in [-0.15, -0.1) is 0 Å². The van der Waals surface area contributed by atoms with Gasteiger partial charge in [-0.3, -0.25) is 14.3 Å². The first-order valence-electron chi connectivity index (χ1n) is 12.6. The van der Waals surface area contributed by atoms with Crippen LogP contribution in [0.15, 0.2) is 92.8 Å². The number of amides is 1. The van der Waals surface area contributed by atoms with Gasteiger partial charge in [-0.25, -0.2) is 9.80 Å². The van der Waals surface area contributed by atoms with E-state index in [1.807, 2.05) is 48.5 Å². The largest absolute Gasteiger partial charge is 0.438 e. The number of benzene rings is 3. The van der Waals surface area contributed by atoms with Crippen molar-refractivity contribution in [1.82, 2.24) is 15.1 Å². The summed E-state index contributed by atoms with van der Waals surface area (Å²) in [5, 5.41) is 25.6. The minimum Gasteiger partial charge on any atom is -0.369 e. The van der Waals surface area contributed by atoms with E-state index in [9.17, 15) is 14.7 Å². The van der Waals surface area contributed by atoms with Crippen LogP contribution < -0.4 is 11.1 Å². The Morgan fingerprint density at radius 2 is 1.73 bits per heavy atom. The van der Waals surface area contributed by atoms with Gasteiger partial charge in [0.25, 0.3) is 0 Å². The second kappa shape index (κ2) is 10.8. The molecule has 0 saturated heterocycles. The summed E-state index contributed by atoms with van der Waals surface area (Å²) in [6.07, 6.45) is -0.493. The first-order chi connectivity index (χ1) is 19.4. The second-order valence-electron chi connectivity index (χ2n) is 9.49. The number of carbonyl (C=O) groups is 1. The Morgan fingerprint density at radius 1 is 1.02 bits per heavy atom. The summed E-state index contributed by atoms with van der Waals surface area (Å²) in [4.78, 5) is 27.3. The molecular weight excluding hydrogens is 553 g/mol. The van der Waals surface area contributed by atoms with Gasteiger partial charge in [0, 0.05) is 51.7 Å². The fourth-order valence-electron chi connectivity index (χ4n) is 5.11. The number of nitrogens with zero attached hydrogens (tertiary/aromatic N) is 3. The van der Waals surface area contributed by atoms with Crippen LogP contribution in [0.5, 0.6) is 0 Å². The number of hydrogen-bond acceptors (Lipinski definition) is 7. The number of nitrogens with one attached hydrogen (secondary N) is 2. The van der Waals surface area contributed by atoms with Crippen LogP contribution in [-0.2, 0) is 11.2 Å². The summed E-state index contributed by atoms with van der Waals surface area (Å²) in [6.45, 7) is 0. The number of fused-ring (bicyclic) bond motifs is 1. The molecule has 9 nitrogen and oxygen atoms in total. The molecule has 1 amide bonds. The van der Waals surface area contributed by atoms with Crippen LogP contribution >= 0.6 is 23.2 Å². The fourth-order valence-corrected chi connectivity index (χ4v) is 5.37. The predicted octanol–water partition coefficient (Wildman–Crippen LogP) is 5.18. The van der Waals surface area contributed by atoms with E-state index in [0.29, 0.717) is 27.8 Å². The van der Waals surface area contributed by atoms with Crippen LogP contribution in [-0.4, -0.2) is 38.1 Å². The number of aliphatic hydroxyl groups excluding tert-OH is 1. The van der Waals surface area contributed by atoms with Gasteiger partial charge >= 0.3 is 5.76 Å². The van der Waals surface area contributed by atoms with Crippen LogP contribution in [0.2, 0.25) is 10.0 Å². The number of aryl methyl sites for hydroxylation is 1. The maximum Gasteiger partial charge on any atom is 0.438 e. The summed E-state index contributed by atoms with van der Waals surface area (Å²) in [7, 11) is 0. The molecule has 202 valence electrons. The minimum atomic E-state index is -1.07. The van der Waals surface area contributed by atoms with Crippen LogP contribution in [0.25, 0.3) is 5.57 Å². The Balaban J connectivity index is 1.44. The van der Waals surface area contributed by atoms with E-state index in [-0.39, 0.29) is 24.6 Å². The maximum absolute atomic E-state index is 13.5. The highest BCUT2D eigenvalue weighted by atomic mass is 35.5. The molecule has 4 aromatic rings. The van der Waals surface area contributed by atoms with Crippen molar-refractivity contribution in [3.8, 4) is 0 Å². The van der Waals surface area contributed by atoms with E-state index in [1.54, 1.807) is 24.3 Å². The van der Waals surface area contributed by atoms with Gasteiger partial charge in [0.1, 0.15) is 0 Å². The number of hydrazone groups is 1. The van der Waals surface area contributed by atoms with Crippen LogP contribution in [0.1, 0.15) is 41.4 Å². The highest BCUT2D eigenvalue weighted by Gasteiger charge is 2.38.